The Labute approximate surface area is 127 Å². The van der Waals surface area contributed by atoms with Crippen molar-refractivity contribution in [3.63, 3.8) is 0 Å². The lowest BCUT2D eigenvalue weighted by atomic mass is 10.2. The number of carbonyl (C=O) groups excluding carboxylic acids is 1. The number of carbonyl (C=O) groups is 1. The molecule has 108 valence electrons. The van der Waals surface area contributed by atoms with E-state index in [1.165, 1.54) is 0 Å². The van der Waals surface area contributed by atoms with Crippen molar-refractivity contribution in [3.05, 3.63) is 40.9 Å². The molecular formula is C15H15ClN4O. The highest BCUT2D eigenvalue weighted by molar-refractivity contribution is 6.30. The van der Waals surface area contributed by atoms with Gasteiger partial charge in [-0.3, -0.25) is 4.79 Å². The number of aromatic nitrogens is 2. The molecule has 1 fully saturated rings. The highest BCUT2D eigenvalue weighted by Crippen LogP contribution is 2.30. The average molecular weight is 303 g/mol. The zero-order chi connectivity index (χ0) is 14.8. The van der Waals surface area contributed by atoms with Crippen LogP contribution in [0.2, 0.25) is 5.02 Å². The van der Waals surface area contributed by atoms with E-state index in [2.05, 4.69) is 20.8 Å². The first-order valence-corrected chi connectivity index (χ1v) is 7.17. The standard InChI is InChI=1S/C15H15ClN4O/c1-9-2-5-11(16)8-12(9)17-13-6-7-14(20-19-13)18-15(21)10-3-4-10/h2,5-8,10H,3-4H2,1H3,(H,17,19)(H,18,20,21). The Balaban J connectivity index is 1.68. The van der Waals surface area contributed by atoms with Crippen molar-refractivity contribution in [3.8, 4) is 0 Å². The third-order valence-electron chi connectivity index (χ3n) is 3.33. The Hall–Kier alpha value is -2.14. The zero-order valence-corrected chi connectivity index (χ0v) is 12.3. The molecule has 0 spiro atoms. The van der Waals surface area contributed by atoms with Crippen LogP contribution in [0.3, 0.4) is 0 Å². The first kappa shape index (κ1) is 13.8. The minimum atomic E-state index is 0.0238. The molecule has 1 aromatic carbocycles. The molecule has 0 atom stereocenters. The van der Waals surface area contributed by atoms with Gasteiger partial charge >= 0.3 is 0 Å². The van der Waals surface area contributed by atoms with Crippen LogP contribution in [0, 0.1) is 12.8 Å². The number of hydrogen-bond acceptors (Lipinski definition) is 4. The van der Waals surface area contributed by atoms with Gasteiger partial charge in [0.1, 0.15) is 0 Å². The molecule has 1 amide bonds. The third-order valence-corrected chi connectivity index (χ3v) is 3.56. The maximum Gasteiger partial charge on any atom is 0.228 e. The lowest BCUT2D eigenvalue weighted by Crippen LogP contribution is -2.14. The zero-order valence-electron chi connectivity index (χ0n) is 11.6. The molecule has 0 bridgehead atoms. The highest BCUT2D eigenvalue weighted by Gasteiger charge is 2.29. The van der Waals surface area contributed by atoms with Gasteiger partial charge in [0.05, 0.1) is 0 Å². The van der Waals surface area contributed by atoms with Crippen molar-refractivity contribution in [2.24, 2.45) is 5.92 Å². The van der Waals surface area contributed by atoms with Gasteiger partial charge < -0.3 is 10.6 Å². The molecule has 1 aliphatic rings. The molecule has 0 unspecified atom stereocenters. The quantitative estimate of drug-likeness (QED) is 0.906. The molecule has 0 aliphatic heterocycles. The van der Waals surface area contributed by atoms with Crippen LogP contribution in [-0.2, 0) is 4.79 Å². The number of amides is 1. The lowest BCUT2D eigenvalue weighted by Gasteiger charge is -2.09. The molecule has 1 saturated carbocycles. The number of nitrogens with one attached hydrogen (secondary N) is 2. The fourth-order valence-corrected chi connectivity index (χ4v) is 2.08. The maximum atomic E-state index is 11.6. The van der Waals surface area contributed by atoms with Crippen LogP contribution in [-0.4, -0.2) is 16.1 Å². The molecule has 1 aromatic heterocycles. The topological polar surface area (TPSA) is 66.9 Å². The Morgan fingerprint density at radius 3 is 2.57 bits per heavy atom. The Kier molecular flexibility index (Phi) is 3.75. The van der Waals surface area contributed by atoms with Crippen LogP contribution >= 0.6 is 11.6 Å². The van der Waals surface area contributed by atoms with Crippen molar-refractivity contribution < 1.29 is 4.79 Å². The van der Waals surface area contributed by atoms with Gasteiger partial charge in [0.2, 0.25) is 5.91 Å². The number of rotatable bonds is 4. The summed E-state index contributed by atoms with van der Waals surface area (Å²) >= 11 is 5.98. The van der Waals surface area contributed by atoms with E-state index in [9.17, 15) is 4.79 Å². The van der Waals surface area contributed by atoms with E-state index >= 15 is 0 Å². The Morgan fingerprint density at radius 2 is 1.90 bits per heavy atom. The second kappa shape index (κ2) is 5.69. The van der Waals surface area contributed by atoms with Gasteiger partial charge in [-0.15, -0.1) is 10.2 Å². The molecular weight excluding hydrogens is 288 g/mol. The van der Waals surface area contributed by atoms with E-state index in [4.69, 9.17) is 11.6 Å². The van der Waals surface area contributed by atoms with Gasteiger partial charge in [0.25, 0.3) is 0 Å². The molecule has 2 aromatic rings. The second-order valence-corrected chi connectivity index (χ2v) is 5.59. The summed E-state index contributed by atoms with van der Waals surface area (Å²) in [6, 6.07) is 9.11. The fraction of sp³-hybridized carbons (Fsp3) is 0.267. The molecule has 0 saturated heterocycles. The summed E-state index contributed by atoms with van der Waals surface area (Å²) < 4.78 is 0. The summed E-state index contributed by atoms with van der Waals surface area (Å²) in [4.78, 5) is 11.6. The van der Waals surface area contributed by atoms with E-state index < -0.39 is 0 Å². The second-order valence-electron chi connectivity index (χ2n) is 5.15. The van der Waals surface area contributed by atoms with Crippen molar-refractivity contribution >= 4 is 34.8 Å². The van der Waals surface area contributed by atoms with Gasteiger partial charge in [-0.25, -0.2) is 0 Å². The molecule has 0 radical (unpaired) electrons. The molecule has 2 N–H and O–H groups in total. The predicted molar refractivity (Wildman–Crippen MR) is 82.9 cm³/mol. The van der Waals surface area contributed by atoms with Crippen LogP contribution < -0.4 is 10.6 Å². The summed E-state index contributed by atoms with van der Waals surface area (Å²) in [6.45, 7) is 1.98. The molecule has 3 rings (SSSR count). The molecule has 1 heterocycles. The predicted octanol–water partition coefficient (Wildman–Crippen LogP) is 3.53. The first-order valence-electron chi connectivity index (χ1n) is 6.79. The summed E-state index contributed by atoms with van der Waals surface area (Å²) in [6.07, 6.45) is 1.93. The third kappa shape index (κ3) is 3.49. The molecule has 5 nitrogen and oxygen atoms in total. The van der Waals surface area contributed by atoms with Crippen molar-refractivity contribution in [1.29, 1.82) is 0 Å². The van der Waals surface area contributed by atoms with Crippen LogP contribution in [0.25, 0.3) is 0 Å². The minimum Gasteiger partial charge on any atom is -0.338 e. The number of hydrogen-bond donors (Lipinski definition) is 2. The molecule has 1 aliphatic carbocycles. The van der Waals surface area contributed by atoms with Crippen LogP contribution in [0.4, 0.5) is 17.3 Å². The van der Waals surface area contributed by atoms with E-state index in [1.54, 1.807) is 12.1 Å². The van der Waals surface area contributed by atoms with Crippen LogP contribution in [0.1, 0.15) is 18.4 Å². The summed E-state index contributed by atoms with van der Waals surface area (Å²) in [5.74, 6) is 1.25. The van der Waals surface area contributed by atoms with Gasteiger partial charge in [-0.05, 0) is 49.6 Å². The molecule has 6 heteroatoms. The van der Waals surface area contributed by atoms with Crippen molar-refractivity contribution in [1.82, 2.24) is 10.2 Å². The lowest BCUT2D eigenvalue weighted by molar-refractivity contribution is -0.117. The van der Waals surface area contributed by atoms with Crippen LogP contribution in [0.5, 0.6) is 0 Å². The average Bonchev–Trinajstić information content (AvgIpc) is 3.29. The van der Waals surface area contributed by atoms with Crippen LogP contribution in [0.15, 0.2) is 30.3 Å². The van der Waals surface area contributed by atoms with Crippen molar-refractivity contribution in [2.75, 3.05) is 10.6 Å². The first-order chi connectivity index (χ1) is 10.1. The monoisotopic (exact) mass is 302 g/mol. The van der Waals surface area contributed by atoms with E-state index in [-0.39, 0.29) is 11.8 Å². The summed E-state index contributed by atoms with van der Waals surface area (Å²) in [7, 11) is 0. The number of nitrogens with zero attached hydrogens (tertiary/aromatic N) is 2. The van der Waals surface area contributed by atoms with E-state index in [1.807, 2.05) is 25.1 Å². The summed E-state index contributed by atoms with van der Waals surface area (Å²) in [5.41, 5.74) is 1.94. The fourth-order valence-electron chi connectivity index (χ4n) is 1.91. The van der Waals surface area contributed by atoms with Gasteiger partial charge in [0, 0.05) is 16.6 Å². The minimum absolute atomic E-state index is 0.0238. The van der Waals surface area contributed by atoms with Gasteiger partial charge in [-0.2, -0.15) is 0 Å². The largest absolute Gasteiger partial charge is 0.338 e. The number of anilines is 3. The maximum absolute atomic E-state index is 11.6. The smallest absolute Gasteiger partial charge is 0.228 e. The molecule has 21 heavy (non-hydrogen) atoms. The van der Waals surface area contributed by atoms with Crippen molar-refractivity contribution in [2.45, 2.75) is 19.8 Å². The van der Waals surface area contributed by atoms with Gasteiger partial charge in [-0.1, -0.05) is 17.7 Å². The van der Waals surface area contributed by atoms with E-state index in [0.29, 0.717) is 16.7 Å². The normalized spacial score (nSPS) is 13.8. The number of aryl methyl sites for hydroxylation is 1. The number of halogens is 1. The Bertz CT molecular complexity index is 668. The Morgan fingerprint density at radius 1 is 1.19 bits per heavy atom. The highest BCUT2D eigenvalue weighted by atomic mass is 35.5. The summed E-state index contributed by atoms with van der Waals surface area (Å²) in [5, 5.41) is 14.6. The van der Waals surface area contributed by atoms with E-state index in [0.717, 1.165) is 24.1 Å². The van der Waals surface area contributed by atoms with Gasteiger partial charge in [0.15, 0.2) is 11.6 Å². The SMILES string of the molecule is Cc1ccc(Cl)cc1Nc1ccc(NC(=O)C2CC2)nn1. The number of benzene rings is 1.